The van der Waals surface area contributed by atoms with Crippen molar-refractivity contribution in [3.05, 3.63) is 47.6 Å². The molecule has 0 N–H and O–H groups in total. The quantitative estimate of drug-likeness (QED) is 0.684. The average molecular weight is 426 g/mol. The molecule has 2 heterocycles. The Kier molecular flexibility index (Phi) is 6.69. The van der Waals surface area contributed by atoms with E-state index in [0.717, 1.165) is 0 Å². The Hall–Kier alpha value is -1.97. The number of anilines is 1. The van der Waals surface area contributed by atoms with Crippen molar-refractivity contribution >= 4 is 33.0 Å². The first-order valence-corrected chi connectivity index (χ1v) is 11.5. The normalized spacial score (nSPS) is 15.2. The number of halogens is 1. The summed E-state index contributed by atoms with van der Waals surface area (Å²) in [6.45, 7) is 2.53. The number of hydrogen-bond donors (Lipinski definition) is 0. The molecule has 0 saturated carbocycles. The molecule has 152 valence electrons. The molecule has 9 heteroatoms. The van der Waals surface area contributed by atoms with Gasteiger partial charge >= 0.3 is 0 Å². The van der Waals surface area contributed by atoms with Crippen LogP contribution in [0.25, 0.3) is 0 Å². The molecule has 28 heavy (non-hydrogen) atoms. The van der Waals surface area contributed by atoms with Crippen LogP contribution in [0.3, 0.4) is 0 Å². The number of benzene rings is 1. The van der Waals surface area contributed by atoms with Crippen LogP contribution in [0.5, 0.6) is 0 Å². The van der Waals surface area contributed by atoms with Crippen molar-refractivity contribution in [3.8, 4) is 0 Å². The molecule has 0 atom stereocenters. The zero-order valence-electron chi connectivity index (χ0n) is 15.8. The van der Waals surface area contributed by atoms with E-state index < -0.39 is 10.0 Å². The van der Waals surface area contributed by atoms with Crippen molar-refractivity contribution < 1.29 is 17.6 Å². The minimum Gasteiger partial charge on any atom is -0.366 e. The van der Waals surface area contributed by atoms with Crippen LogP contribution in [-0.4, -0.2) is 63.3 Å². The van der Waals surface area contributed by atoms with Crippen molar-refractivity contribution in [2.75, 3.05) is 44.7 Å². The Balaban J connectivity index is 1.44. The third kappa shape index (κ3) is 4.71. The number of carbonyl (C=O) groups is 1. The van der Waals surface area contributed by atoms with Crippen LogP contribution in [0.2, 0.25) is 0 Å². The Morgan fingerprint density at radius 1 is 1.14 bits per heavy atom. The van der Waals surface area contributed by atoms with Crippen LogP contribution >= 0.6 is 11.3 Å². The van der Waals surface area contributed by atoms with Crippen molar-refractivity contribution in [1.29, 1.82) is 0 Å². The van der Waals surface area contributed by atoms with Crippen LogP contribution in [0.4, 0.5) is 10.1 Å². The summed E-state index contributed by atoms with van der Waals surface area (Å²) in [5, 5.41) is 1.73. The minimum absolute atomic E-state index is 0.00936. The Bertz CT molecular complexity index is 895. The number of nitrogens with zero attached hydrogens (tertiary/aromatic N) is 3. The number of hydrogen-bond acceptors (Lipinski definition) is 5. The fraction of sp³-hybridized carbons (Fsp3) is 0.421. The molecular formula is C19H24FN3O3S2. The largest absolute Gasteiger partial charge is 0.366 e. The third-order valence-corrected chi connectivity index (χ3v) is 8.08. The smallest absolute Gasteiger partial charge is 0.252 e. The van der Waals surface area contributed by atoms with Gasteiger partial charge in [-0.2, -0.15) is 0 Å². The van der Waals surface area contributed by atoms with Gasteiger partial charge in [0, 0.05) is 46.2 Å². The molecule has 0 spiro atoms. The van der Waals surface area contributed by atoms with Gasteiger partial charge in [-0.25, -0.2) is 17.1 Å². The van der Waals surface area contributed by atoms with Gasteiger partial charge in [0.15, 0.2) is 0 Å². The number of amides is 1. The standard InChI is InChI=1S/C19H24FN3O3S2/c1-21(28(25,26)19-9-5-15-27-19)10-4-8-18(24)23-13-11-22(12-14-23)17-7-3-2-6-16(17)20/h2-3,5-7,9,15H,4,8,10-14H2,1H3. The molecule has 1 aromatic heterocycles. The second kappa shape index (κ2) is 9.02. The number of carbonyl (C=O) groups excluding carboxylic acids is 1. The predicted molar refractivity (Wildman–Crippen MR) is 109 cm³/mol. The maximum absolute atomic E-state index is 13.9. The first-order valence-electron chi connectivity index (χ1n) is 9.16. The van der Waals surface area contributed by atoms with Gasteiger partial charge in [0.05, 0.1) is 5.69 Å². The molecule has 0 radical (unpaired) electrons. The zero-order valence-corrected chi connectivity index (χ0v) is 17.4. The van der Waals surface area contributed by atoms with Gasteiger partial charge in [-0.15, -0.1) is 11.3 Å². The Morgan fingerprint density at radius 2 is 1.86 bits per heavy atom. The average Bonchev–Trinajstić information content (AvgIpc) is 3.24. The van der Waals surface area contributed by atoms with Gasteiger partial charge in [0.1, 0.15) is 10.0 Å². The topological polar surface area (TPSA) is 60.9 Å². The number of piperazine rings is 1. The maximum Gasteiger partial charge on any atom is 0.252 e. The lowest BCUT2D eigenvalue weighted by atomic mass is 10.2. The van der Waals surface area contributed by atoms with E-state index in [4.69, 9.17) is 0 Å². The molecule has 2 aromatic rings. The van der Waals surface area contributed by atoms with Crippen LogP contribution in [0.1, 0.15) is 12.8 Å². The van der Waals surface area contributed by atoms with Crippen LogP contribution < -0.4 is 4.90 Å². The van der Waals surface area contributed by atoms with E-state index in [1.54, 1.807) is 40.6 Å². The van der Waals surface area contributed by atoms with Crippen LogP contribution in [-0.2, 0) is 14.8 Å². The van der Waals surface area contributed by atoms with Crippen molar-refractivity contribution in [2.24, 2.45) is 0 Å². The second-order valence-electron chi connectivity index (χ2n) is 6.68. The first-order chi connectivity index (χ1) is 13.4. The monoisotopic (exact) mass is 425 g/mol. The number of sulfonamides is 1. The van der Waals surface area contributed by atoms with Crippen LogP contribution in [0, 0.1) is 5.82 Å². The van der Waals surface area contributed by atoms with Gasteiger partial charge in [-0.1, -0.05) is 18.2 Å². The molecule has 1 aliphatic heterocycles. The van der Waals surface area contributed by atoms with E-state index >= 15 is 0 Å². The highest BCUT2D eigenvalue weighted by Gasteiger charge is 2.24. The lowest BCUT2D eigenvalue weighted by molar-refractivity contribution is -0.131. The second-order valence-corrected chi connectivity index (χ2v) is 9.90. The minimum atomic E-state index is -3.48. The Labute approximate surface area is 169 Å². The van der Waals surface area contributed by atoms with E-state index in [9.17, 15) is 17.6 Å². The molecule has 1 aliphatic rings. The highest BCUT2D eigenvalue weighted by molar-refractivity contribution is 7.91. The fourth-order valence-electron chi connectivity index (χ4n) is 3.20. The molecule has 3 rings (SSSR count). The lowest BCUT2D eigenvalue weighted by Crippen LogP contribution is -2.49. The highest BCUT2D eigenvalue weighted by Crippen LogP contribution is 2.21. The summed E-state index contributed by atoms with van der Waals surface area (Å²) < 4.78 is 40.2. The zero-order chi connectivity index (χ0) is 20.1. The van der Waals surface area contributed by atoms with Gasteiger partial charge in [-0.05, 0) is 30.0 Å². The van der Waals surface area contributed by atoms with Gasteiger partial charge in [0.25, 0.3) is 10.0 Å². The molecule has 0 bridgehead atoms. The van der Waals surface area contributed by atoms with Crippen molar-refractivity contribution in [3.63, 3.8) is 0 Å². The Morgan fingerprint density at radius 3 is 2.50 bits per heavy atom. The number of para-hydroxylation sites is 1. The molecule has 6 nitrogen and oxygen atoms in total. The van der Waals surface area contributed by atoms with Crippen molar-refractivity contribution in [2.45, 2.75) is 17.1 Å². The third-order valence-electron chi connectivity index (χ3n) is 4.85. The highest BCUT2D eigenvalue weighted by atomic mass is 32.2. The summed E-state index contributed by atoms with van der Waals surface area (Å²) in [4.78, 5) is 16.1. The van der Waals surface area contributed by atoms with E-state index in [1.165, 1.54) is 28.8 Å². The van der Waals surface area contributed by atoms with Gasteiger partial charge < -0.3 is 9.80 Å². The molecular weight excluding hydrogens is 401 g/mol. The molecule has 1 aromatic carbocycles. The molecule has 0 unspecified atom stereocenters. The molecule has 1 fully saturated rings. The number of rotatable bonds is 7. The SMILES string of the molecule is CN(CCCC(=O)N1CCN(c2ccccc2F)CC1)S(=O)(=O)c1cccs1. The summed E-state index contributed by atoms with van der Waals surface area (Å²) in [5.41, 5.74) is 0.565. The molecule has 0 aliphatic carbocycles. The molecule has 1 saturated heterocycles. The van der Waals surface area contributed by atoms with E-state index in [0.29, 0.717) is 55.5 Å². The predicted octanol–water partition coefficient (Wildman–Crippen LogP) is 2.64. The summed E-state index contributed by atoms with van der Waals surface area (Å²) in [5.74, 6) is -0.243. The van der Waals surface area contributed by atoms with Gasteiger partial charge in [-0.3, -0.25) is 4.79 Å². The van der Waals surface area contributed by atoms with E-state index in [2.05, 4.69) is 0 Å². The summed E-state index contributed by atoms with van der Waals surface area (Å²) in [7, 11) is -1.94. The van der Waals surface area contributed by atoms with E-state index in [1.807, 2.05) is 4.90 Å². The van der Waals surface area contributed by atoms with Crippen molar-refractivity contribution in [1.82, 2.24) is 9.21 Å². The van der Waals surface area contributed by atoms with E-state index in [-0.39, 0.29) is 11.7 Å². The summed E-state index contributed by atoms with van der Waals surface area (Å²) >= 11 is 1.18. The molecule has 1 amide bonds. The first kappa shape index (κ1) is 20.8. The maximum atomic E-state index is 13.9. The summed E-state index contributed by atoms with van der Waals surface area (Å²) in [6, 6.07) is 9.93. The number of thiophene rings is 1. The summed E-state index contributed by atoms with van der Waals surface area (Å²) in [6.07, 6.45) is 0.761. The van der Waals surface area contributed by atoms with Gasteiger partial charge in [0.2, 0.25) is 5.91 Å². The lowest BCUT2D eigenvalue weighted by Gasteiger charge is -2.36. The fourth-order valence-corrected chi connectivity index (χ4v) is 5.61. The van der Waals surface area contributed by atoms with Crippen LogP contribution in [0.15, 0.2) is 46.0 Å².